The summed E-state index contributed by atoms with van der Waals surface area (Å²) in [6.45, 7) is 0. The molecule has 0 N–H and O–H groups in total. The van der Waals surface area contributed by atoms with Crippen LogP contribution in [-0.2, 0) is 0 Å². The van der Waals surface area contributed by atoms with Crippen LogP contribution >= 0.6 is 43.7 Å². The van der Waals surface area contributed by atoms with E-state index in [2.05, 4.69) is 4.98 Å². The molecule has 0 aliphatic carbocycles. The van der Waals surface area contributed by atoms with Gasteiger partial charge in [-0.25, -0.2) is 8.69 Å². The summed E-state index contributed by atoms with van der Waals surface area (Å²) in [5, 5.41) is 0. The zero-order chi connectivity index (χ0) is 8.10. The number of hydrogen-bond donors (Lipinski definition) is 0. The van der Waals surface area contributed by atoms with E-state index >= 15 is 0 Å². The summed E-state index contributed by atoms with van der Waals surface area (Å²) in [5.74, 6) is 0.729. The highest BCUT2D eigenvalue weighted by molar-refractivity contribution is 8.37. The van der Waals surface area contributed by atoms with Crippen LogP contribution < -0.4 is 3.71 Å². The summed E-state index contributed by atoms with van der Waals surface area (Å²) in [6, 6.07) is 5.53. The number of anilines is 1. The van der Waals surface area contributed by atoms with E-state index in [-0.39, 0.29) is 0 Å². The van der Waals surface area contributed by atoms with Crippen molar-refractivity contribution in [3.8, 4) is 0 Å². The Hall–Kier alpha value is 0.230. The first-order valence-electron chi connectivity index (χ1n) is 2.67. The van der Waals surface area contributed by atoms with E-state index in [0.717, 1.165) is 28.1 Å². The van der Waals surface area contributed by atoms with E-state index in [1.807, 2.05) is 18.2 Å². The average Bonchev–Trinajstić information content (AvgIpc) is 2.09. The van der Waals surface area contributed by atoms with Crippen LogP contribution in [0.25, 0.3) is 0 Å². The molecule has 0 aliphatic heterocycles. The minimum Gasteiger partial charge on any atom is -0.237 e. The summed E-state index contributed by atoms with van der Waals surface area (Å²) in [7, 11) is 11.0. The minimum absolute atomic E-state index is 0.729. The third-order valence-corrected chi connectivity index (χ3v) is 3.35. The Bertz CT molecular complexity index is 205. The first-order valence-corrected chi connectivity index (χ1v) is 5.87. The molecule has 0 aliphatic rings. The second kappa shape index (κ2) is 4.98. The second-order valence-corrected chi connectivity index (χ2v) is 3.65. The fraction of sp³-hybridized carbons (Fsp3) is 0. The molecule has 0 unspecified atom stereocenters. The predicted octanol–water partition coefficient (Wildman–Crippen LogP) is 3.49. The second-order valence-electron chi connectivity index (χ2n) is 1.58. The monoisotopic (exact) mass is 226 g/mol. The van der Waals surface area contributed by atoms with Gasteiger partial charge in [0, 0.05) is 6.20 Å². The molecule has 0 fully saturated rings. The van der Waals surface area contributed by atoms with Gasteiger partial charge in [-0.3, -0.25) is 0 Å². The third-order valence-electron chi connectivity index (χ3n) is 0.962. The molecule has 1 aromatic rings. The molecule has 0 amide bonds. The van der Waals surface area contributed by atoms with Crippen LogP contribution in [0.2, 0.25) is 0 Å². The summed E-state index contributed by atoms with van der Waals surface area (Å²) in [4.78, 5) is 4.04. The molecule has 0 saturated heterocycles. The highest BCUT2D eigenvalue weighted by Gasteiger charge is 2.05. The van der Waals surface area contributed by atoms with E-state index < -0.39 is 0 Å². The zero-order valence-electron chi connectivity index (χ0n) is 5.28. The van der Waals surface area contributed by atoms with Gasteiger partial charge in [-0.1, -0.05) is 6.07 Å². The molecule has 11 heavy (non-hydrogen) atoms. The molecule has 1 heterocycles. The predicted molar refractivity (Wildman–Crippen MR) is 53.6 cm³/mol. The lowest BCUT2D eigenvalue weighted by molar-refractivity contribution is 1.31. The van der Waals surface area contributed by atoms with Crippen LogP contribution in [0.5, 0.6) is 0 Å². The summed E-state index contributed by atoms with van der Waals surface area (Å²) in [5.41, 5.74) is 0. The van der Waals surface area contributed by atoms with Crippen molar-refractivity contribution in [2.75, 3.05) is 3.71 Å². The van der Waals surface area contributed by atoms with Crippen molar-refractivity contribution in [3.63, 3.8) is 0 Å². The Balaban J connectivity index is 2.74. The molecule has 6 heteroatoms. The molecular formula is C5H4Cl2N2S2. The highest BCUT2D eigenvalue weighted by atomic mass is 35.7. The van der Waals surface area contributed by atoms with Gasteiger partial charge in [0.25, 0.3) is 0 Å². The molecular weight excluding hydrogens is 223 g/mol. The van der Waals surface area contributed by atoms with E-state index in [1.54, 1.807) is 9.91 Å². The molecule has 0 aromatic carbocycles. The maximum absolute atomic E-state index is 5.50. The summed E-state index contributed by atoms with van der Waals surface area (Å²) < 4.78 is 1.59. The number of aromatic nitrogens is 1. The van der Waals surface area contributed by atoms with Crippen LogP contribution in [0.3, 0.4) is 0 Å². The van der Waals surface area contributed by atoms with Crippen LogP contribution in [0.15, 0.2) is 24.4 Å². The smallest absolute Gasteiger partial charge is 0.150 e. The van der Waals surface area contributed by atoms with Crippen LogP contribution in [-0.4, -0.2) is 4.98 Å². The average molecular weight is 227 g/mol. The lowest BCUT2D eigenvalue weighted by Crippen LogP contribution is -1.99. The van der Waals surface area contributed by atoms with Gasteiger partial charge in [0.2, 0.25) is 0 Å². The van der Waals surface area contributed by atoms with Gasteiger partial charge in [-0.2, -0.15) is 0 Å². The van der Waals surface area contributed by atoms with Crippen molar-refractivity contribution >= 4 is 49.5 Å². The van der Waals surface area contributed by atoms with Crippen molar-refractivity contribution in [1.82, 2.24) is 4.98 Å². The molecule has 0 saturated carbocycles. The largest absolute Gasteiger partial charge is 0.237 e. The number of pyridine rings is 1. The van der Waals surface area contributed by atoms with E-state index in [4.69, 9.17) is 21.4 Å². The van der Waals surface area contributed by atoms with Crippen LogP contribution in [0.4, 0.5) is 5.82 Å². The Morgan fingerprint density at radius 2 is 2.00 bits per heavy atom. The first kappa shape index (κ1) is 9.32. The van der Waals surface area contributed by atoms with E-state index in [0.29, 0.717) is 0 Å². The molecule has 0 radical (unpaired) electrons. The molecule has 0 atom stereocenters. The number of halogens is 2. The molecule has 60 valence electrons. The van der Waals surface area contributed by atoms with E-state index in [1.165, 1.54) is 0 Å². The van der Waals surface area contributed by atoms with Crippen molar-refractivity contribution in [2.24, 2.45) is 0 Å². The highest BCUT2D eigenvalue weighted by Crippen LogP contribution is 2.32. The van der Waals surface area contributed by atoms with Crippen molar-refractivity contribution < 1.29 is 0 Å². The van der Waals surface area contributed by atoms with Gasteiger partial charge < -0.3 is 0 Å². The first-order chi connectivity index (χ1) is 5.38. The Kier molecular flexibility index (Phi) is 4.22. The van der Waals surface area contributed by atoms with Gasteiger partial charge in [-0.05, 0) is 33.5 Å². The third kappa shape index (κ3) is 2.63. The lowest BCUT2D eigenvalue weighted by Gasteiger charge is -2.11. The Morgan fingerprint density at radius 1 is 1.27 bits per heavy atom. The van der Waals surface area contributed by atoms with Gasteiger partial charge in [0.1, 0.15) is 0 Å². The normalized spacial score (nSPS) is 9.64. The van der Waals surface area contributed by atoms with Crippen molar-refractivity contribution in [2.45, 2.75) is 0 Å². The van der Waals surface area contributed by atoms with Gasteiger partial charge in [0.15, 0.2) is 5.82 Å². The molecule has 2 nitrogen and oxygen atoms in total. The van der Waals surface area contributed by atoms with E-state index in [9.17, 15) is 0 Å². The Labute approximate surface area is 82.5 Å². The number of rotatable bonds is 3. The minimum atomic E-state index is 0.729. The fourth-order valence-corrected chi connectivity index (χ4v) is 2.18. The summed E-state index contributed by atoms with van der Waals surface area (Å²) >= 11 is 1.99. The van der Waals surface area contributed by atoms with Crippen LogP contribution in [0, 0.1) is 0 Å². The molecule has 1 aromatic heterocycles. The lowest BCUT2D eigenvalue weighted by atomic mass is 10.5. The Morgan fingerprint density at radius 3 is 2.45 bits per heavy atom. The molecule has 1 rings (SSSR count). The maximum Gasteiger partial charge on any atom is 0.150 e. The molecule has 0 spiro atoms. The zero-order valence-corrected chi connectivity index (χ0v) is 8.42. The SMILES string of the molecule is ClSN(SCl)c1ccccn1. The fourth-order valence-electron chi connectivity index (χ4n) is 0.543. The topological polar surface area (TPSA) is 16.1 Å². The van der Waals surface area contributed by atoms with Crippen molar-refractivity contribution in [3.05, 3.63) is 24.4 Å². The quantitative estimate of drug-likeness (QED) is 0.734. The standard InChI is InChI=1S/C5H4Cl2N2S2/c6-10-9(11-7)5-3-1-2-4-8-5/h1-4H. The molecule has 0 bridgehead atoms. The summed E-state index contributed by atoms with van der Waals surface area (Å²) in [6.07, 6.45) is 1.68. The van der Waals surface area contributed by atoms with Crippen molar-refractivity contribution in [1.29, 1.82) is 0 Å². The van der Waals surface area contributed by atoms with Gasteiger partial charge in [0.05, 0.1) is 22.3 Å². The van der Waals surface area contributed by atoms with Gasteiger partial charge in [-0.15, -0.1) is 0 Å². The van der Waals surface area contributed by atoms with Gasteiger partial charge >= 0.3 is 0 Å². The number of hydrogen-bond acceptors (Lipinski definition) is 4. The van der Waals surface area contributed by atoms with Crippen LogP contribution in [0.1, 0.15) is 0 Å². The number of nitrogens with zero attached hydrogens (tertiary/aromatic N) is 2. The maximum atomic E-state index is 5.50.